The minimum atomic E-state index is -0.587. The minimum absolute atomic E-state index is 0.128. The van der Waals surface area contributed by atoms with Gasteiger partial charge in [0.1, 0.15) is 6.10 Å². The minimum Gasteiger partial charge on any atom is -0.391 e. The maximum Gasteiger partial charge on any atom is 0.249 e. The third kappa shape index (κ3) is 2.42. The zero-order valence-corrected chi connectivity index (χ0v) is 8.33. The fourth-order valence-electron chi connectivity index (χ4n) is 0.945. The summed E-state index contributed by atoms with van der Waals surface area (Å²) >= 11 is 0. The highest BCUT2D eigenvalue weighted by molar-refractivity contribution is 5.82. The first-order valence-corrected chi connectivity index (χ1v) is 4.55. The number of hydrogen-bond donors (Lipinski definition) is 2. The molecule has 2 N–H and O–H groups in total. The van der Waals surface area contributed by atoms with Crippen LogP contribution in [0.4, 0.5) is 0 Å². The van der Waals surface area contributed by atoms with Crippen molar-refractivity contribution in [2.75, 3.05) is 6.61 Å². The number of aliphatic hydroxyl groups is 1. The van der Waals surface area contributed by atoms with Gasteiger partial charge >= 0.3 is 0 Å². The van der Waals surface area contributed by atoms with E-state index in [1.54, 1.807) is 20.8 Å². The maximum absolute atomic E-state index is 11.4. The van der Waals surface area contributed by atoms with Crippen molar-refractivity contribution in [2.45, 2.75) is 44.9 Å². The molecule has 4 nitrogen and oxygen atoms in total. The average molecular weight is 187 g/mol. The largest absolute Gasteiger partial charge is 0.391 e. The van der Waals surface area contributed by atoms with Crippen LogP contribution in [0.1, 0.15) is 27.2 Å². The molecule has 0 aliphatic carbocycles. The van der Waals surface area contributed by atoms with Crippen molar-refractivity contribution in [3.8, 4) is 0 Å². The lowest BCUT2D eigenvalue weighted by Crippen LogP contribution is -2.56. The van der Waals surface area contributed by atoms with Crippen molar-refractivity contribution in [3.63, 3.8) is 0 Å². The summed E-state index contributed by atoms with van der Waals surface area (Å²) in [6.45, 7) is 5.89. The summed E-state index contributed by atoms with van der Waals surface area (Å²) in [6, 6.07) is 0. The molecule has 1 heterocycles. The molecule has 1 aliphatic heterocycles. The van der Waals surface area contributed by atoms with Crippen molar-refractivity contribution in [1.29, 1.82) is 0 Å². The molecule has 0 aromatic heterocycles. The van der Waals surface area contributed by atoms with Gasteiger partial charge in [-0.15, -0.1) is 0 Å². The van der Waals surface area contributed by atoms with Gasteiger partial charge in [-0.3, -0.25) is 4.79 Å². The van der Waals surface area contributed by atoms with Crippen LogP contribution in [0.25, 0.3) is 0 Å². The molecule has 0 radical (unpaired) electrons. The Balaban J connectivity index is 2.42. The van der Waals surface area contributed by atoms with Gasteiger partial charge in [0, 0.05) is 6.42 Å². The molecule has 0 aromatic rings. The number of rotatable bonds is 3. The Morgan fingerprint density at radius 1 is 1.69 bits per heavy atom. The summed E-state index contributed by atoms with van der Waals surface area (Å²) in [5.41, 5.74) is -0.587. The lowest BCUT2D eigenvalue weighted by atomic mass is 9.98. The van der Waals surface area contributed by atoms with E-state index in [1.807, 2.05) is 0 Å². The molecule has 1 fully saturated rings. The number of amides is 1. The van der Waals surface area contributed by atoms with E-state index in [0.717, 1.165) is 6.42 Å². The first-order valence-electron chi connectivity index (χ1n) is 4.55. The third-order valence-corrected chi connectivity index (χ3v) is 2.48. The van der Waals surface area contributed by atoms with Gasteiger partial charge in [0.05, 0.1) is 18.2 Å². The van der Waals surface area contributed by atoms with E-state index in [4.69, 9.17) is 4.74 Å². The second-order valence-electron chi connectivity index (χ2n) is 4.04. The highest BCUT2D eigenvalue weighted by Gasteiger charge is 2.32. The molecule has 1 amide bonds. The quantitative estimate of drug-likeness (QED) is 0.656. The van der Waals surface area contributed by atoms with Gasteiger partial charge in [-0.2, -0.15) is 0 Å². The van der Waals surface area contributed by atoms with Crippen LogP contribution in [0.5, 0.6) is 0 Å². The Labute approximate surface area is 78.3 Å². The molecular formula is C9H17NO3. The third-order valence-electron chi connectivity index (χ3n) is 2.48. The van der Waals surface area contributed by atoms with E-state index < -0.39 is 11.6 Å². The predicted octanol–water partition coefficient (Wildman–Crippen LogP) is 0.0509. The van der Waals surface area contributed by atoms with Crippen molar-refractivity contribution in [1.82, 2.24) is 5.32 Å². The molecule has 0 spiro atoms. The standard InChI is InChI=1S/C9H17NO3/c1-6(11)9(2,3)10-8(12)7-4-5-13-7/h6-7,11H,4-5H2,1-3H3,(H,10,12). The summed E-state index contributed by atoms with van der Waals surface area (Å²) < 4.78 is 5.02. The highest BCUT2D eigenvalue weighted by Crippen LogP contribution is 2.14. The summed E-state index contributed by atoms with van der Waals surface area (Å²) in [5, 5.41) is 12.1. The maximum atomic E-state index is 11.4. The number of aliphatic hydroxyl groups excluding tert-OH is 1. The topological polar surface area (TPSA) is 58.6 Å². The van der Waals surface area contributed by atoms with E-state index in [9.17, 15) is 9.90 Å². The molecule has 1 aliphatic rings. The van der Waals surface area contributed by atoms with Gasteiger partial charge in [0.25, 0.3) is 0 Å². The van der Waals surface area contributed by atoms with Crippen LogP contribution < -0.4 is 5.32 Å². The number of ether oxygens (including phenoxy) is 1. The summed E-state index contributed by atoms with van der Waals surface area (Å²) in [6.07, 6.45) is -0.101. The van der Waals surface area contributed by atoms with Crippen LogP contribution >= 0.6 is 0 Å². The van der Waals surface area contributed by atoms with Gasteiger partial charge in [-0.25, -0.2) is 0 Å². The fourth-order valence-corrected chi connectivity index (χ4v) is 0.945. The molecule has 0 bridgehead atoms. The van der Waals surface area contributed by atoms with E-state index >= 15 is 0 Å². The van der Waals surface area contributed by atoms with Gasteiger partial charge in [-0.05, 0) is 20.8 Å². The van der Waals surface area contributed by atoms with Crippen LogP contribution in [0.15, 0.2) is 0 Å². The van der Waals surface area contributed by atoms with Crippen LogP contribution in [0.2, 0.25) is 0 Å². The zero-order valence-electron chi connectivity index (χ0n) is 8.33. The zero-order chi connectivity index (χ0) is 10.1. The van der Waals surface area contributed by atoms with Gasteiger partial charge in [0.2, 0.25) is 5.91 Å². The van der Waals surface area contributed by atoms with Crippen molar-refractivity contribution in [2.24, 2.45) is 0 Å². The van der Waals surface area contributed by atoms with Crippen LogP contribution in [0, 0.1) is 0 Å². The SMILES string of the molecule is CC(O)C(C)(C)NC(=O)C1CCO1. The molecule has 1 saturated heterocycles. The van der Waals surface area contributed by atoms with E-state index in [-0.39, 0.29) is 12.0 Å². The molecule has 2 unspecified atom stereocenters. The lowest BCUT2D eigenvalue weighted by Gasteiger charge is -2.33. The first-order chi connectivity index (χ1) is 5.93. The monoisotopic (exact) mass is 187 g/mol. The molecular weight excluding hydrogens is 170 g/mol. The summed E-state index contributed by atoms with van der Waals surface area (Å²) in [7, 11) is 0. The summed E-state index contributed by atoms with van der Waals surface area (Å²) in [4.78, 5) is 11.4. The number of carbonyl (C=O) groups excluding carboxylic acids is 1. The number of nitrogens with one attached hydrogen (secondary N) is 1. The molecule has 4 heteroatoms. The first kappa shape index (κ1) is 10.5. The Kier molecular flexibility index (Phi) is 2.93. The molecule has 2 atom stereocenters. The van der Waals surface area contributed by atoms with Crippen LogP contribution in [-0.4, -0.2) is 35.4 Å². The van der Waals surface area contributed by atoms with Crippen molar-refractivity contribution < 1.29 is 14.6 Å². The number of carbonyl (C=O) groups is 1. The molecule has 0 saturated carbocycles. The molecule has 1 rings (SSSR count). The Hall–Kier alpha value is -0.610. The Bertz CT molecular complexity index is 197. The van der Waals surface area contributed by atoms with Crippen LogP contribution in [0.3, 0.4) is 0 Å². The molecule has 13 heavy (non-hydrogen) atoms. The smallest absolute Gasteiger partial charge is 0.249 e. The Morgan fingerprint density at radius 2 is 2.23 bits per heavy atom. The lowest BCUT2D eigenvalue weighted by molar-refractivity contribution is -0.147. The van der Waals surface area contributed by atoms with Gasteiger partial charge < -0.3 is 15.2 Å². The second kappa shape index (κ2) is 3.64. The van der Waals surface area contributed by atoms with E-state index in [0.29, 0.717) is 6.61 Å². The van der Waals surface area contributed by atoms with Gasteiger partial charge in [-0.1, -0.05) is 0 Å². The summed E-state index contributed by atoms with van der Waals surface area (Å²) in [5.74, 6) is -0.128. The molecule has 76 valence electrons. The average Bonchev–Trinajstić information content (AvgIpc) is 1.80. The van der Waals surface area contributed by atoms with Crippen molar-refractivity contribution >= 4 is 5.91 Å². The Morgan fingerprint density at radius 3 is 2.54 bits per heavy atom. The van der Waals surface area contributed by atoms with Gasteiger partial charge in [0.15, 0.2) is 0 Å². The number of hydrogen-bond acceptors (Lipinski definition) is 3. The normalized spacial score (nSPS) is 24.8. The predicted molar refractivity (Wildman–Crippen MR) is 48.3 cm³/mol. The van der Waals surface area contributed by atoms with Crippen LogP contribution in [-0.2, 0) is 9.53 Å². The van der Waals surface area contributed by atoms with E-state index in [1.165, 1.54) is 0 Å². The van der Waals surface area contributed by atoms with Crippen molar-refractivity contribution in [3.05, 3.63) is 0 Å². The fraction of sp³-hybridized carbons (Fsp3) is 0.889. The second-order valence-corrected chi connectivity index (χ2v) is 4.04. The van der Waals surface area contributed by atoms with E-state index in [2.05, 4.69) is 5.32 Å². The molecule has 0 aromatic carbocycles. The highest BCUT2D eigenvalue weighted by atomic mass is 16.5.